The highest BCUT2D eigenvalue weighted by Crippen LogP contribution is 2.51. The summed E-state index contributed by atoms with van der Waals surface area (Å²) in [5.74, 6) is 2.06. The summed E-state index contributed by atoms with van der Waals surface area (Å²) in [6.45, 7) is 4.79. The average molecular weight is 885 g/mol. The van der Waals surface area contributed by atoms with Crippen molar-refractivity contribution in [2.75, 3.05) is 20.8 Å². The monoisotopic (exact) mass is 884 g/mol. The number of benzene rings is 4. The van der Waals surface area contributed by atoms with Gasteiger partial charge in [0.05, 0.1) is 49.2 Å². The number of ether oxygens (including phenoxy) is 3. The van der Waals surface area contributed by atoms with Crippen LogP contribution in [0.2, 0.25) is 0 Å². The molecule has 2 bridgehead atoms. The first kappa shape index (κ1) is 41.8. The highest BCUT2D eigenvalue weighted by Gasteiger charge is 2.51. The SMILES string of the molecule is COC(=O)N[C@H](C(=O)N1CCC[C@H]1c1ncc(-c2ccc3c(c2)OCc2cc(-c4ccc5nc([C@@H]6[C@H]7CC[C@H](C7)N6C(=O)[C@H](NC(=O)OC)c6ccccc6)[nH]c5c4)ccc2-3)[nH]1)C(C)C.[HH].[HH].[HH].[HH]. The number of aromatic amines is 2. The number of hydrogen-bond acceptors (Lipinski definition) is 9. The number of nitrogens with one attached hydrogen (secondary N) is 4. The molecule has 342 valence electrons. The molecule has 0 spiro atoms. The summed E-state index contributed by atoms with van der Waals surface area (Å²) < 4.78 is 16.1. The molecule has 1 aliphatic carbocycles. The van der Waals surface area contributed by atoms with Gasteiger partial charge in [-0.1, -0.05) is 68.4 Å². The van der Waals surface area contributed by atoms with E-state index in [2.05, 4.69) is 63.1 Å². The minimum absolute atomic E-state index is 0. The van der Waals surface area contributed by atoms with Crippen LogP contribution in [0.3, 0.4) is 0 Å². The van der Waals surface area contributed by atoms with Crippen LogP contribution in [0, 0.1) is 11.8 Å². The number of imidazole rings is 2. The van der Waals surface area contributed by atoms with Crippen LogP contribution in [0.15, 0.2) is 91.1 Å². The molecule has 15 nitrogen and oxygen atoms in total. The minimum Gasteiger partial charge on any atom is -0.488 e. The number of likely N-dealkylation sites (tertiary alicyclic amines) is 2. The lowest BCUT2D eigenvalue weighted by molar-refractivity contribution is -0.138. The molecule has 6 atom stereocenters. The van der Waals surface area contributed by atoms with Crippen LogP contribution in [0.25, 0.3) is 44.5 Å². The molecule has 4 amide bonds. The smallest absolute Gasteiger partial charge is 0.407 e. The molecule has 2 aromatic heterocycles. The van der Waals surface area contributed by atoms with Crippen LogP contribution in [0.4, 0.5) is 9.59 Å². The van der Waals surface area contributed by atoms with Crippen molar-refractivity contribution in [1.29, 1.82) is 0 Å². The minimum atomic E-state index is -0.885. The summed E-state index contributed by atoms with van der Waals surface area (Å²) in [5, 5.41) is 5.49. The van der Waals surface area contributed by atoms with Crippen molar-refractivity contribution in [2.45, 2.75) is 82.8 Å². The number of rotatable bonds is 10. The van der Waals surface area contributed by atoms with Crippen LogP contribution >= 0.6 is 0 Å². The van der Waals surface area contributed by atoms with Crippen LogP contribution < -0.4 is 15.4 Å². The third kappa shape index (κ3) is 7.72. The van der Waals surface area contributed by atoms with Gasteiger partial charge in [-0.2, -0.15) is 0 Å². The van der Waals surface area contributed by atoms with Crippen molar-refractivity contribution in [2.24, 2.45) is 11.8 Å². The second-order valence-electron chi connectivity index (χ2n) is 17.9. The van der Waals surface area contributed by atoms with Gasteiger partial charge in [0.25, 0.3) is 5.91 Å². The molecule has 0 unspecified atom stereocenters. The van der Waals surface area contributed by atoms with Gasteiger partial charge in [-0.05, 0) is 102 Å². The van der Waals surface area contributed by atoms with E-state index in [4.69, 9.17) is 24.2 Å². The second kappa shape index (κ2) is 17.1. The fourth-order valence-electron chi connectivity index (χ4n) is 10.5. The normalized spacial score (nSPS) is 20.5. The Morgan fingerprint density at radius 1 is 0.815 bits per heavy atom. The van der Waals surface area contributed by atoms with Gasteiger partial charge < -0.3 is 44.6 Å². The summed E-state index contributed by atoms with van der Waals surface area (Å²) in [6.07, 6.45) is 4.93. The Labute approximate surface area is 382 Å². The molecule has 0 radical (unpaired) electrons. The number of piperidine rings is 1. The standard InChI is InChI=1S/C50H52N8O7.4H2/c1-27(2)42(55-49(61)63-3)47(59)57-20-8-11-40(57)45-51-25-39(54-45)31-14-18-36-35-17-13-29(21-33(35)26-65-41(36)24-31)30-15-19-37-38(23-30)53-46(52-37)44-32-12-16-34(22-32)58(44)48(60)43(56-50(62)64-4)28-9-6-5-7-10-28;;;;/h5-7,9-10,13-15,17-19,21,23-25,27,32,34,40,42-44H,8,11-12,16,20,22,26H2,1-4H3,(H,51,54)(H,52,53)(H,55,61)(H,56,62);4*1H/t32-,34+,40-,42-,43+,44-;;;;/m0..../s1. The lowest BCUT2D eigenvalue weighted by Gasteiger charge is -2.36. The number of H-pyrrole nitrogens is 2. The Morgan fingerprint density at radius 3 is 2.37 bits per heavy atom. The Kier molecular flexibility index (Phi) is 11.0. The summed E-state index contributed by atoms with van der Waals surface area (Å²) in [4.78, 5) is 73.2. The van der Waals surface area contributed by atoms with Gasteiger partial charge in [-0.15, -0.1) is 0 Å². The van der Waals surface area contributed by atoms with Crippen molar-refractivity contribution >= 4 is 35.0 Å². The number of hydrogen-bond donors (Lipinski definition) is 4. The van der Waals surface area contributed by atoms with Gasteiger partial charge in [0.1, 0.15) is 36.1 Å². The molecule has 10 rings (SSSR count). The Balaban J connectivity index is 0.00000196. The summed E-state index contributed by atoms with van der Waals surface area (Å²) >= 11 is 0. The maximum absolute atomic E-state index is 14.4. The van der Waals surface area contributed by atoms with E-state index >= 15 is 0 Å². The molecule has 4 N–H and O–H groups in total. The van der Waals surface area contributed by atoms with Crippen molar-refractivity contribution in [1.82, 2.24) is 40.4 Å². The molecule has 2 saturated heterocycles. The molecular weight excluding hydrogens is 825 g/mol. The predicted molar refractivity (Wildman–Crippen MR) is 251 cm³/mol. The van der Waals surface area contributed by atoms with E-state index in [0.717, 1.165) is 93.8 Å². The maximum atomic E-state index is 14.4. The number of carbonyl (C=O) groups is 4. The van der Waals surface area contributed by atoms with Crippen LogP contribution in [-0.2, 0) is 25.7 Å². The van der Waals surface area contributed by atoms with Gasteiger partial charge in [-0.3, -0.25) is 9.59 Å². The molecule has 65 heavy (non-hydrogen) atoms. The topological polar surface area (TPSA) is 184 Å². The fraction of sp³-hybridized carbons (Fsp3) is 0.360. The third-order valence-electron chi connectivity index (χ3n) is 13.7. The van der Waals surface area contributed by atoms with E-state index in [1.54, 1.807) is 6.20 Å². The zero-order valence-electron chi connectivity index (χ0n) is 36.8. The molecule has 3 aliphatic heterocycles. The molecule has 4 aromatic carbocycles. The molecule has 3 fully saturated rings. The average Bonchev–Trinajstić information content (AvgIpc) is 4.20. The van der Waals surface area contributed by atoms with E-state index in [9.17, 15) is 19.2 Å². The lowest BCUT2D eigenvalue weighted by Crippen LogP contribution is -2.51. The van der Waals surface area contributed by atoms with Crippen molar-refractivity contribution in [3.8, 4) is 39.3 Å². The summed E-state index contributed by atoms with van der Waals surface area (Å²) in [6, 6.07) is 26.1. The first-order valence-electron chi connectivity index (χ1n) is 22.4. The summed E-state index contributed by atoms with van der Waals surface area (Å²) in [7, 11) is 2.59. The first-order valence-corrected chi connectivity index (χ1v) is 22.4. The number of fused-ring (bicyclic) bond motifs is 6. The zero-order chi connectivity index (χ0) is 44.9. The third-order valence-corrected chi connectivity index (χ3v) is 13.7. The van der Waals surface area contributed by atoms with Crippen LogP contribution in [0.5, 0.6) is 5.75 Å². The first-order chi connectivity index (χ1) is 31.6. The number of amides is 4. The van der Waals surface area contributed by atoms with Gasteiger partial charge in [-0.25, -0.2) is 19.6 Å². The molecular formula is C50H60N8O7. The van der Waals surface area contributed by atoms with Gasteiger partial charge >= 0.3 is 12.2 Å². The predicted octanol–water partition coefficient (Wildman–Crippen LogP) is 9.36. The highest BCUT2D eigenvalue weighted by molar-refractivity contribution is 5.89. The van der Waals surface area contributed by atoms with Crippen molar-refractivity contribution < 1.29 is 39.1 Å². The van der Waals surface area contributed by atoms with E-state index in [1.165, 1.54) is 14.2 Å². The summed E-state index contributed by atoms with van der Waals surface area (Å²) in [5.41, 5.74) is 9.41. The van der Waals surface area contributed by atoms with Crippen molar-refractivity contribution in [3.63, 3.8) is 0 Å². The molecule has 6 aromatic rings. The van der Waals surface area contributed by atoms with E-state index in [0.29, 0.717) is 24.5 Å². The largest absolute Gasteiger partial charge is 0.488 e. The molecule has 4 aliphatic rings. The van der Waals surface area contributed by atoms with Crippen LogP contribution in [0.1, 0.15) is 92.6 Å². The Bertz CT molecular complexity index is 2820. The number of methoxy groups -OCH3 is 2. The van der Waals surface area contributed by atoms with Gasteiger partial charge in [0.2, 0.25) is 5.91 Å². The quantitative estimate of drug-likeness (QED) is 0.104. The molecule has 5 heterocycles. The van der Waals surface area contributed by atoms with Crippen molar-refractivity contribution in [3.05, 3.63) is 114 Å². The Morgan fingerprint density at radius 2 is 1.57 bits per heavy atom. The van der Waals surface area contributed by atoms with E-state index in [-0.39, 0.29) is 47.5 Å². The molecule has 15 heteroatoms. The Hall–Kier alpha value is -7.16. The number of carbonyl (C=O) groups excluding carboxylic acids is 4. The highest BCUT2D eigenvalue weighted by atomic mass is 16.5. The van der Waals surface area contributed by atoms with Gasteiger partial charge in [0, 0.05) is 29.4 Å². The number of nitrogens with zero attached hydrogens (tertiary/aromatic N) is 4. The van der Waals surface area contributed by atoms with Gasteiger partial charge in [0.15, 0.2) is 0 Å². The van der Waals surface area contributed by atoms with Crippen LogP contribution in [-0.4, -0.2) is 86.6 Å². The van der Waals surface area contributed by atoms with E-state index < -0.39 is 24.3 Å². The second-order valence-corrected chi connectivity index (χ2v) is 17.9. The van der Waals surface area contributed by atoms with E-state index in [1.807, 2.05) is 66.1 Å². The maximum Gasteiger partial charge on any atom is 0.407 e. The zero-order valence-corrected chi connectivity index (χ0v) is 36.8. The number of alkyl carbamates (subject to hydrolysis) is 2. The number of aromatic nitrogens is 4. The fourth-order valence-corrected chi connectivity index (χ4v) is 10.5. The molecule has 1 saturated carbocycles. The lowest BCUT2D eigenvalue weighted by atomic mass is 9.92.